The van der Waals surface area contributed by atoms with E-state index in [0.717, 1.165) is 12.0 Å². The van der Waals surface area contributed by atoms with Crippen LogP contribution in [0.3, 0.4) is 0 Å². The van der Waals surface area contributed by atoms with Crippen molar-refractivity contribution in [1.29, 1.82) is 0 Å². The largest absolute Gasteiger partial charge is 0.298 e. The Morgan fingerprint density at radius 1 is 1.43 bits per heavy atom. The van der Waals surface area contributed by atoms with Gasteiger partial charge in [-0.25, -0.2) is 11.6 Å². The summed E-state index contributed by atoms with van der Waals surface area (Å²) >= 11 is 0. The maximum absolute atomic E-state index is 11.6. The Morgan fingerprint density at radius 2 is 2.07 bits per heavy atom. The first-order valence-electron chi connectivity index (χ1n) is 4.42. The van der Waals surface area contributed by atoms with Crippen molar-refractivity contribution in [3.8, 4) is 0 Å². The molecular weight excluding hydrogens is 216 g/mol. The van der Waals surface area contributed by atoms with E-state index in [1.807, 2.05) is 36.5 Å². The Labute approximate surface area is 94.7 Å². The maximum atomic E-state index is 11.6. The monoisotopic (exact) mass is 227 g/mol. The van der Waals surface area contributed by atoms with Crippen molar-refractivity contribution < 1.29 is 21.9 Å². The van der Waals surface area contributed by atoms with Crippen LogP contribution < -0.4 is 0 Å². The summed E-state index contributed by atoms with van der Waals surface area (Å²) in [5.41, 5.74) is 0.484. The van der Waals surface area contributed by atoms with Gasteiger partial charge in [-0.2, -0.15) is 6.08 Å². The molecule has 2 rings (SSSR count). The van der Waals surface area contributed by atoms with Crippen molar-refractivity contribution in [3.63, 3.8) is 0 Å². The number of carbonyl (C=O) groups is 1. The van der Waals surface area contributed by atoms with Gasteiger partial charge < -0.3 is 0 Å². The smallest absolute Gasteiger partial charge is 0.144 e. The Morgan fingerprint density at radius 3 is 2.50 bits per heavy atom. The van der Waals surface area contributed by atoms with Crippen molar-refractivity contribution in [3.05, 3.63) is 48.1 Å². The van der Waals surface area contributed by atoms with Gasteiger partial charge in [0, 0.05) is 17.1 Å². The summed E-state index contributed by atoms with van der Waals surface area (Å²) < 4.78 is 0. The minimum absolute atomic E-state index is 0. The second kappa shape index (κ2) is 4.12. The first-order chi connectivity index (χ1) is 6.26. The van der Waals surface area contributed by atoms with Gasteiger partial charge in [-0.05, 0) is 6.92 Å². The van der Waals surface area contributed by atoms with Gasteiger partial charge in [-0.15, -0.1) is 6.42 Å². The average molecular weight is 227 g/mol. The van der Waals surface area contributed by atoms with E-state index in [0.29, 0.717) is 0 Å². The predicted octanol–water partition coefficient (Wildman–Crippen LogP) is 2.37. The third-order valence-corrected chi connectivity index (χ3v) is 2.55. The van der Waals surface area contributed by atoms with Gasteiger partial charge in [0.05, 0.1) is 5.41 Å². The molecule has 0 saturated heterocycles. The molecule has 0 N–H and O–H groups in total. The van der Waals surface area contributed by atoms with Crippen LogP contribution in [0, 0.1) is 11.5 Å². The second-order valence-electron chi connectivity index (χ2n) is 3.34. The number of ketones is 1. The molecule has 0 bridgehead atoms. The first-order valence-corrected chi connectivity index (χ1v) is 4.42. The molecule has 0 unspecified atom stereocenters. The zero-order valence-electron chi connectivity index (χ0n) is 7.93. The number of rotatable bonds is 2. The summed E-state index contributed by atoms with van der Waals surface area (Å²) in [6.45, 7) is 1.63. The minimum atomic E-state index is -0.507. The van der Waals surface area contributed by atoms with Crippen LogP contribution in [0.1, 0.15) is 13.3 Å². The Bertz CT molecular complexity index is 347. The molecule has 2 heteroatoms. The molecule has 0 fully saturated rings. The first kappa shape index (κ1) is 11.2. The molecule has 0 aromatic carbocycles. The molecule has 0 heterocycles. The van der Waals surface area contributed by atoms with Gasteiger partial charge in [0.1, 0.15) is 5.78 Å². The topological polar surface area (TPSA) is 17.1 Å². The third kappa shape index (κ3) is 1.56. The molecule has 0 radical (unpaired) electrons. The van der Waals surface area contributed by atoms with Crippen molar-refractivity contribution in [2.24, 2.45) is 5.41 Å². The van der Waals surface area contributed by atoms with Gasteiger partial charge in [0.25, 0.3) is 0 Å². The van der Waals surface area contributed by atoms with Crippen molar-refractivity contribution in [1.82, 2.24) is 0 Å². The Balaban J connectivity index is 0.000000980. The van der Waals surface area contributed by atoms with Crippen LogP contribution in [0.15, 0.2) is 42.0 Å². The van der Waals surface area contributed by atoms with E-state index in [1.165, 1.54) is 0 Å². The molecule has 0 saturated carbocycles. The van der Waals surface area contributed by atoms with Gasteiger partial charge >= 0.3 is 0 Å². The Hall–Kier alpha value is -0.851. The fourth-order valence-electron chi connectivity index (χ4n) is 1.76. The molecule has 0 amide bonds. The normalized spacial score (nSPS) is 20.8. The van der Waals surface area contributed by atoms with E-state index >= 15 is 0 Å². The Kier molecular flexibility index (Phi) is 3.30. The summed E-state index contributed by atoms with van der Waals surface area (Å²) in [4.78, 5) is 11.6. The van der Waals surface area contributed by atoms with E-state index in [1.54, 1.807) is 6.92 Å². The van der Waals surface area contributed by atoms with Gasteiger partial charge in [0.15, 0.2) is 0 Å². The molecule has 0 aliphatic heterocycles. The summed E-state index contributed by atoms with van der Waals surface area (Å²) in [5, 5.41) is 0. The number of hydrogen-bond acceptors (Lipinski definition) is 1. The molecule has 0 aromatic heterocycles. The number of hydrogen-bond donors (Lipinski definition) is 0. The minimum Gasteiger partial charge on any atom is -0.298 e. The predicted molar refractivity (Wildman–Crippen MR) is 51.9 cm³/mol. The van der Waals surface area contributed by atoms with Crippen molar-refractivity contribution >= 4 is 5.78 Å². The summed E-state index contributed by atoms with van der Waals surface area (Å²) in [5.74, 6) is 0.159. The fraction of sp³-hybridized carbons (Fsp3) is 0.250. The standard InChI is InChI=1S/C12H11O.Fe/c1-10(13)12(8-4-5-9-12)11-6-2-3-7-11;/h2,4-6,8-9H,3H2,1H3;/q-1;. The van der Waals surface area contributed by atoms with Crippen LogP contribution in [0.25, 0.3) is 0 Å². The van der Waals surface area contributed by atoms with E-state index in [4.69, 9.17) is 0 Å². The van der Waals surface area contributed by atoms with E-state index in [-0.39, 0.29) is 22.9 Å². The van der Waals surface area contributed by atoms with Crippen LogP contribution in [0.2, 0.25) is 0 Å². The van der Waals surface area contributed by atoms with Crippen LogP contribution in [-0.2, 0) is 21.9 Å². The summed E-state index contributed by atoms with van der Waals surface area (Å²) in [6, 6.07) is 0. The number of carbonyl (C=O) groups excluding carboxylic acids is 1. The zero-order chi connectivity index (χ0) is 9.31. The van der Waals surface area contributed by atoms with Crippen LogP contribution in [0.5, 0.6) is 0 Å². The van der Waals surface area contributed by atoms with E-state index < -0.39 is 5.41 Å². The molecule has 2 aliphatic rings. The molecule has 0 atom stereocenters. The van der Waals surface area contributed by atoms with Crippen molar-refractivity contribution in [2.45, 2.75) is 13.3 Å². The molecule has 0 spiro atoms. The van der Waals surface area contributed by atoms with E-state index in [9.17, 15) is 4.79 Å². The van der Waals surface area contributed by atoms with Gasteiger partial charge in [-0.1, -0.05) is 24.3 Å². The van der Waals surface area contributed by atoms with Crippen LogP contribution >= 0.6 is 0 Å². The third-order valence-electron chi connectivity index (χ3n) is 2.55. The van der Waals surface area contributed by atoms with Gasteiger partial charge in [0.2, 0.25) is 0 Å². The molecule has 14 heavy (non-hydrogen) atoms. The summed E-state index contributed by atoms with van der Waals surface area (Å²) in [7, 11) is 0. The fourth-order valence-corrected chi connectivity index (χ4v) is 1.76. The summed E-state index contributed by atoms with van der Waals surface area (Å²) in [6.07, 6.45) is 15.8. The van der Waals surface area contributed by atoms with Crippen molar-refractivity contribution in [2.75, 3.05) is 0 Å². The van der Waals surface area contributed by atoms with Crippen LogP contribution in [0.4, 0.5) is 0 Å². The maximum Gasteiger partial charge on any atom is 0.144 e. The SMILES string of the molecule is CC(=O)C1(C2=[C-]CC=C2)C=CC=C1.[Fe]. The number of allylic oxidation sites excluding steroid dienone is 8. The van der Waals surface area contributed by atoms with E-state index in [2.05, 4.69) is 6.08 Å². The quantitative estimate of drug-likeness (QED) is 0.522. The second-order valence-corrected chi connectivity index (χ2v) is 3.34. The molecule has 0 aromatic rings. The van der Waals surface area contributed by atoms with Gasteiger partial charge in [-0.3, -0.25) is 10.9 Å². The molecule has 74 valence electrons. The zero-order valence-corrected chi connectivity index (χ0v) is 9.04. The molecule has 2 aliphatic carbocycles. The molecular formula is C12H11FeO-. The average Bonchev–Trinajstić information content (AvgIpc) is 2.75. The number of Topliss-reactive ketones (excluding diaryl/α,β-unsaturated/α-hetero) is 1. The molecule has 1 nitrogen and oxygen atoms in total. The van der Waals surface area contributed by atoms with Crippen LogP contribution in [-0.4, -0.2) is 5.78 Å².